The molecule has 0 aliphatic carbocycles. The summed E-state index contributed by atoms with van der Waals surface area (Å²) in [6, 6.07) is 12.3. The van der Waals surface area contributed by atoms with Crippen LogP contribution in [0.15, 0.2) is 42.5 Å². The molecular formula is C19H18FN3O. The van der Waals surface area contributed by atoms with Crippen LogP contribution < -0.4 is 5.32 Å². The number of aromatic amines is 1. The number of anilines is 1. The molecule has 5 heteroatoms. The number of nitrogens with one attached hydrogen (secondary N) is 2. The molecule has 0 radical (unpaired) electrons. The second kappa shape index (κ2) is 5.67. The molecule has 0 saturated heterocycles. The summed E-state index contributed by atoms with van der Waals surface area (Å²) in [5.74, 6) is -0.259. The number of urea groups is 1. The highest BCUT2D eigenvalue weighted by atomic mass is 19.1. The average Bonchev–Trinajstić information content (AvgIpc) is 2.94. The zero-order valence-corrected chi connectivity index (χ0v) is 13.4. The predicted octanol–water partition coefficient (Wildman–Crippen LogP) is 4.21. The van der Waals surface area contributed by atoms with Gasteiger partial charge in [-0.25, -0.2) is 9.18 Å². The van der Waals surface area contributed by atoms with Crippen LogP contribution >= 0.6 is 0 Å². The fourth-order valence-electron chi connectivity index (χ4n) is 3.27. The minimum absolute atomic E-state index is 0.124. The molecule has 2 N–H and O–H groups in total. The van der Waals surface area contributed by atoms with Gasteiger partial charge in [0.05, 0.1) is 0 Å². The van der Waals surface area contributed by atoms with Crippen LogP contribution in [0.3, 0.4) is 0 Å². The fourth-order valence-corrected chi connectivity index (χ4v) is 3.27. The van der Waals surface area contributed by atoms with Gasteiger partial charge in [-0.2, -0.15) is 0 Å². The summed E-state index contributed by atoms with van der Waals surface area (Å²) in [5.41, 5.74) is 4.87. The van der Waals surface area contributed by atoms with Gasteiger partial charge >= 0.3 is 6.03 Å². The van der Waals surface area contributed by atoms with E-state index in [0.29, 0.717) is 13.1 Å². The summed E-state index contributed by atoms with van der Waals surface area (Å²) in [5, 5.41) is 3.82. The number of hydrogen-bond donors (Lipinski definition) is 2. The molecule has 1 aliphatic heterocycles. The van der Waals surface area contributed by atoms with E-state index in [1.807, 2.05) is 31.2 Å². The lowest BCUT2D eigenvalue weighted by Crippen LogP contribution is -2.38. The van der Waals surface area contributed by atoms with Crippen LogP contribution in [0.4, 0.5) is 14.9 Å². The van der Waals surface area contributed by atoms with Crippen molar-refractivity contribution < 1.29 is 9.18 Å². The van der Waals surface area contributed by atoms with Crippen LogP contribution in [0.5, 0.6) is 0 Å². The highest BCUT2D eigenvalue weighted by Crippen LogP contribution is 2.28. The number of para-hydroxylation sites is 1. The number of halogens is 1. The molecule has 0 saturated carbocycles. The maximum Gasteiger partial charge on any atom is 0.322 e. The van der Waals surface area contributed by atoms with Crippen LogP contribution in [-0.4, -0.2) is 22.5 Å². The van der Waals surface area contributed by atoms with Crippen LogP contribution in [0, 0.1) is 12.7 Å². The van der Waals surface area contributed by atoms with Crippen molar-refractivity contribution in [3.8, 4) is 0 Å². The summed E-state index contributed by atoms with van der Waals surface area (Å²) in [4.78, 5) is 17.7. The average molecular weight is 323 g/mol. The van der Waals surface area contributed by atoms with Gasteiger partial charge < -0.3 is 15.2 Å². The number of aromatic nitrogens is 1. The third-order valence-electron chi connectivity index (χ3n) is 4.61. The van der Waals surface area contributed by atoms with Crippen LogP contribution in [-0.2, 0) is 13.0 Å². The van der Waals surface area contributed by atoms with E-state index in [1.54, 1.807) is 11.0 Å². The van der Waals surface area contributed by atoms with Crippen molar-refractivity contribution in [1.82, 2.24) is 9.88 Å². The molecule has 0 atom stereocenters. The molecule has 24 heavy (non-hydrogen) atoms. The Hall–Kier alpha value is -2.82. The largest absolute Gasteiger partial charge is 0.358 e. The van der Waals surface area contributed by atoms with E-state index < -0.39 is 0 Å². The van der Waals surface area contributed by atoms with Crippen LogP contribution in [0.1, 0.15) is 16.8 Å². The molecule has 4 rings (SSSR count). The van der Waals surface area contributed by atoms with Gasteiger partial charge in [-0.05, 0) is 36.8 Å². The minimum atomic E-state index is -0.259. The first-order valence-electron chi connectivity index (χ1n) is 8.02. The second-order valence-corrected chi connectivity index (χ2v) is 6.19. The Bertz CT molecular complexity index is 932. The molecule has 0 unspecified atom stereocenters. The number of aryl methyl sites for hydroxylation is 1. The lowest BCUT2D eigenvalue weighted by molar-refractivity contribution is 0.206. The molecule has 2 heterocycles. The topological polar surface area (TPSA) is 48.1 Å². The lowest BCUT2D eigenvalue weighted by Gasteiger charge is -2.27. The molecule has 0 fully saturated rings. The molecule has 0 bridgehead atoms. The molecule has 122 valence electrons. The van der Waals surface area contributed by atoms with Crippen molar-refractivity contribution in [2.24, 2.45) is 0 Å². The Morgan fingerprint density at radius 2 is 2.08 bits per heavy atom. The van der Waals surface area contributed by atoms with Gasteiger partial charge in [-0.15, -0.1) is 0 Å². The van der Waals surface area contributed by atoms with Crippen molar-refractivity contribution >= 4 is 22.6 Å². The molecular weight excluding hydrogens is 305 g/mol. The smallest absolute Gasteiger partial charge is 0.322 e. The first-order chi connectivity index (χ1) is 11.6. The standard InChI is InChI=1S/C19H18FN3O/c1-12-4-2-3-5-16(12)22-19(24)23-9-8-18-15(11-23)14-10-13(20)6-7-17(14)21-18/h2-7,10,21H,8-9,11H2,1H3,(H,22,24). The predicted molar refractivity (Wildman–Crippen MR) is 92.6 cm³/mol. The zero-order chi connectivity index (χ0) is 16.7. The molecule has 3 aromatic rings. The van der Waals surface area contributed by atoms with Gasteiger partial charge in [0.25, 0.3) is 0 Å². The Morgan fingerprint density at radius 1 is 1.25 bits per heavy atom. The molecule has 2 aromatic carbocycles. The van der Waals surface area contributed by atoms with Gasteiger partial charge in [0.1, 0.15) is 5.82 Å². The molecule has 0 spiro atoms. The first-order valence-corrected chi connectivity index (χ1v) is 8.02. The summed E-state index contributed by atoms with van der Waals surface area (Å²) in [6.07, 6.45) is 0.743. The number of carbonyl (C=O) groups is 1. The van der Waals surface area contributed by atoms with E-state index in [-0.39, 0.29) is 11.8 Å². The van der Waals surface area contributed by atoms with Crippen molar-refractivity contribution in [2.75, 3.05) is 11.9 Å². The molecule has 2 amide bonds. The number of rotatable bonds is 1. The normalized spacial score (nSPS) is 13.8. The van der Waals surface area contributed by atoms with Gasteiger partial charge in [-0.3, -0.25) is 0 Å². The van der Waals surface area contributed by atoms with Crippen LogP contribution in [0.25, 0.3) is 10.9 Å². The highest BCUT2D eigenvalue weighted by molar-refractivity contribution is 5.91. The molecule has 1 aliphatic rings. The number of hydrogen-bond acceptors (Lipinski definition) is 1. The van der Waals surface area contributed by atoms with E-state index in [9.17, 15) is 9.18 Å². The van der Waals surface area contributed by atoms with Crippen molar-refractivity contribution in [3.05, 3.63) is 65.1 Å². The van der Waals surface area contributed by atoms with Gasteiger partial charge in [0.2, 0.25) is 0 Å². The van der Waals surface area contributed by atoms with E-state index in [0.717, 1.165) is 39.8 Å². The third-order valence-corrected chi connectivity index (χ3v) is 4.61. The summed E-state index contributed by atoms with van der Waals surface area (Å²) in [7, 11) is 0. The van der Waals surface area contributed by atoms with E-state index in [1.165, 1.54) is 12.1 Å². The number of fused-ring (bicyclic) bond motifs is 3. The minimum Gasteiger partial charge on any atom is -0.358 e. The Morgan fingerprint density at radius 3 is 2.92 bits per heavy atom. The van der Waals surface area contributed by atoms with Gasteiger partial charge in [-0.1, -0.05) is 18.2 Å². The van der Waals surface area contributed by atoms with Crippen molar-refractivity contribution in [3.63, 3.8) is 0 Å². The van der Waals surface area contributed by atoms with Gasteiger partial charge in [0, 0.05) is 47.4 Å². The first kappa shape index (κ1) is 14.8. The highest BCUT2D eigenvalue weighted by Gasteiger charge is 2.24. The fraction of sp³-hybridized carbons (Fsp3) is 0.211. The Kier molecular flexibility index (Phi) is 3.49. The maximum absolute atomic E-state index is 13.6. The summed E-state index contributed by atoms with van der Waals surface area (Å²) >= 11 is 0. The number of amides is 2. The Balaban J connectivity index is 1.59. The monoisotopic (exact) mass is 323 g/mol. The van der Waals surface area contributed by atoms with E-state index >= 15 is 0 Å². The number of benzene rings is 2. The number of carbonyl (C=O) groups excluding carboxylic acids is 1. The zero-order valence-electron chi connectivity index (χ0n) is 13.4. The summed E-state index contributed by atoms with van der Waals surface area (Å²) < 4.78 is 13.6. The number of H-pyrrole nitrogens is 1. The van der Waals surface area contributed by atoms with Crippen molar-refractivity contribution in [1.29, 1.82) is 0 Å². The van der Waals surface area contributed by atoms with Gasteiger partial charge in [0.15, 0.2) is 0 Å². The quantitative estimate of drug-likeness (QED) is 0.692. The lowest BCUT2D eigenvalue weighted by atomic mass is 10.0. The molecule has 4 nitrogen and oxygen atoms in total. The number of nitrogens with zero attached hydrogens (tertiary/aromatic N) is 1. The van der Waals surface area contributed by atoms with Crippen molar-refractivity contribution in [2.45, 2.75) is 19.9 Å². The van der Waals surface area contributed by atoms with E-state index in [2.05, 4.69) is 10.3 Å². The third kappa shape index (κ3) is 2.52. The van der Waals surface area contributed by atoms with E-state index in [4.69, 9.17) is 0 Å². The van der Waals surface area contributed by atoms with Crippen LogP contribution in [0.2, 0.25) is 0 Å². The Labute approximate surface area is 139 Å². The molecule has 1 aromatic heterocycles. The second-order valence-electron chi connectivity index (χ2n) is 6.19. The SMILES string of the molecule is Cc1ccccc1NC(=O)N1CCc2[nH]c3ccc(F)cc3c2C1. The summed E-state index contributed by atoms with van der Waals surface area (Å²) in [6.45, 7) is 3.09. The maximum atomic E-state index is 13.6.